The van der Waals surface area contributed by atoms with Crippen molar-refractivity contribution in [3.63, 3.8) is 0 Å². The maximum Gasteiger partial charge on any atom is 0.281 e. The van der Waals surface area contributed by atoms with Crippen LogP contribution >= 0.6 is 27.3 Å². The van der Waals surface area contributed by atoms with Crippen LogP contribution in [0.3, 0.4) is 0 Å². The highest BCUT2D eigenvalue weighted by Gasteiger charge is 2.14. The van der Waals surface area contributed by atoms with E-state index in [2.05, 4.69) is 26.5 Å². The van der Waals surface area contributed by atoms with E-state index in [0.717, 1.165) is 10.3 Å². The zero-order valence-corrected chi connectivity index (χ0v) is 20.6. The number of methoxy groups -OCH3 is 1. The molecule has 0 aliphatic heterocycles. The molecule has 1 N–H and O–H groups in total. The van der Waals surface area contributed by atoms with Gasteiger partial charge in [-0.15, -0.1) is 11.3 Å². The van der Waals surface area contributed by atoms with Crippen LogP contribution in [-0.2, 0) is 6.61 Å². The van der Waals surface area contributed by atoms with Gasteiger partial charge in [0.25, 0.3) is 11.6 Å². The summed E-state index contributed by atoms with van der Waals surface area (Å²) < 4.78 is 25.7. The van der Waals surface area contributed by atoms with Crippen molar-refractivity contribution >= 4 is 55.2 Å². The second kappa shape index (κ2) is 10.6. The number of nitrogens with one attached hydrogen (secondary N) is 1. The number of halogens is 2. The number of benzene rings is 3. The van der Waals surface area contributed by atoms with Crippen LogP contribution < -0.4 is 14.9 Å². The predicted molar refractivity (Wildman–Crippen MR) is 135 cm³/mol. The fourth-order valence-electron chi connectivity index (χ4n) is 3.14. The van der Waals surface area contributed by atoms with Gasteiger partial charge in [0.05, 0.1) is 23.1 Å². The molecule has 178 valence electrons. The molecule has 0 saturated carbocycles. The first-order valence-corrected chi connectivity index (χ1v) is 11.7. The Labute approximate surface area is 211 Å². The van der Waals surface area contributed by atoms with Crippen LogP contribution in [0.2, 0.25) is 0 Å². The van der Waals surface area contributed by atoms with E-state index in [1.54, 1.807) is 36.4 Å². The summed E-state index contributed by atoms with van der Waals surface area (Å²) in [6.07, 6.45) is 1.45. The molecular weight excluding hydrogens is 541 g/mol. The molecule has 1 aromatic heterocycles. The lowest BCUT2D eigenvalue weighted by atomic mass is 10.2. The number of non-ortho nitro benzene ring substituents is 1. The standard InChI is InChI=1S/C24H17BrFN3O5S/c1-33-20-9-16(19(25)11-21(20)34-13-14-2-4-17(26)5-3-14)12-27-28-24(30)23-10-15-8-18(29(31)32)6-7-22(15)35-23/h2-12H,13H2,1H3,(H,28,30)/b27-12-. The van der Waals surface area contributed by atoms with Crippen LogP contribution in [0.25, 0.3) is 10.1 Å². The second-order valence-corrected chi connectivity index (χ2v) is 9.17. The zero-order valence-electron chi connectivity index (χ0n) is 18.2. The molecule has 11 heteroatoms. The number of rotatable bonds is 8. The van der Waals surface area contributed by atoms with E-state index >= 15 is 0 Å². The summed E-state index contributed by atoms with van der Waals surface area (Å²) >= 11 is 4.67. The molecule has 3 aromatic carbocycles. The number of ether oxygens (including phenoxy) is 2. The number of hydrazone groups is 1. The number of hydrogen-bond acceptors (Lipinski definition) is 7. The lowest BCUT2D eigenvalue weighted by Gasteiger charge is -2.12. The van der Waals surface area contributed by atoms with Crippen LogP contribution in [0.5, 0.6) is 11.5 Å². The number of fused-ring (bicyclic) bond motifs is 1. The molecule has 4 aromatic rings. The lowest BCUT2D eigenvalue weighted by molar-refractivity contribution is -0.384. The molecule has 35 heavy (non-hydrogen) atoms. The number of thiophene rings is 1. The van der Waals surface area contributed by atoms with Crippen molar-refractivity contribution in [2.75, 3.05) is 7.11 Å². The smallest absolute Gasteiger partial charge is 0.281 e. The Kier molecular flexibility index (Phi) is 7.37. The summed E-state index contributed by atoms with van der Waals surface area (Å²) in [5, 5.41) is 15.6. The molecule has 8 nitrogen and oxygen atoms in total. The van der Waals surface area contributed by atoms with Crippen molar-refractivity contribution < 1.29 is 23.6 Å². The van der Waals surface area contributed by atoms with Crippen LogP contribution in [0.15, 0.2) is 70.2 Å². The van der Waals surface area contributed by atoms with Crippen LogP contribution in [0, 0.1) is 15.9 Å². The molecule has 0 spiro atoms. The highest BCUT2D eigenvalue weighted by molar-refractivity contribution is 9.10. The van der Waals surface area contributed by atoms with Gasteiger partial charge in [0.2, 0.25) is 0 Å². The minimum atomic E-state index is -0.480. The van der Waals surface area contributed by atoms with Crippen molar-refractivity contribution in [2.45, 2.75) is 6.61 Å². The van der Waals surface area contributed by atoms with E-state index in [9.17, 15) is 19.3 Å². The van der Waals surface area contributed by atoms with Gasteiger partial charge in [-0.1, -0.05) is 12.1 Å². The minimum absolute atomic E-state index is 0.0378. The summed E-state index contributed by atoms with van der Waals surface area (Å²) in [5.74, 6) is 0.173. The zero-order chi connectivity index (χ0) is 24.9. The molecule has 0 unspecified atom stereocenters. The molecular formula is C24H17BrFN3O5S. The number of nitro groups is 1. The number of carbonyl (C=O) groups excluding carboxylic acids is 1. The first-order chi connectivity index (χ1) is 16.8. The van der Waals surface area contributed by atoms with E-state index in [-0.39, 0.29) is 18.1 Å². The highest BCUT2D eigenvalue weighted by atomic mass is 79.9. The largest absolute Gasteiger partial charge is 0.493 e. The minimum Gasteiger partial charge on any atom is -0.493 e. The Bertz CT molecular complexity index is 1440. The van der Waals surface area contributed by atoms with Gasteiger partial charge in [0.1, 0.15) is 12.4 Å². The summed E-state index contributed by atoms with van der Waals surface area (Å²) in [4.78, 5) is 23.3. The number of hydrogen-bond donors (Lipinski definition) is 1. The van der Waals surface area contributed by atoms with E-state index in [4.69, 9.17) is 9.47 Å². The normalized spacial score (nSPS) is 11.1. The Balaban J connectivity index is 1.44. The quantitative estimate of drug-likeness (QED) is 0.161. The molecule has 0 saturated heterocycles. The number of nitrogens with zero attached hydrogens (tertiary/aromatic N) is 2. The summed E-state index contributed by atoms with van der Waals surface area (Å²) in [6.45, 7) is 0.227. The predicted octanol–water partition coefficient (Wildman–Crippen LogP) is 6.06. The third-order valence-electron chi connectivity index (χ3n) is 4.89. The third-order valence-corrected chi connectivity index (χ3v) is 6.70. The molecule has 0 aliphatic carbocycles. The number of nitro benzene ring substituents is 1. The average Bonchev–Trinajstić information content (AvgIpc) is 3.28. The highest BCUT2D eigenvalue weighted by Crippen LogP contribution is 2.33. The van der Waals surface area contributed by atoms with E-state index < -0.39 is 10.8 Å². The molecule has 0 atom stereocenters. The Morgan fingerprint density at radius 2 is 1.94 bits per heavy atom. The van der Waals surface area contributed by atoms with Gasteiger partial charge in [-0.05, 0) is 57.9 Å². The van der Waals surface area contributed by atoms with Crippen molar-refractivity contribution in [2.24, 2.45) is 5.10 Å². The van der Waals surface area contributed by atoms with Gasteiger partial charge in [-0.3, -0.25) is 14.9 Å². The molecule has 4 rings (SSSR count). The molecule has 0 bridgehead atoms. The van der Waals surface area contributed by atoms with Crippen LogP contribution in [0.1, 0.15) is 20.8 Å². The SMILES string of the molecule is COc1cc(/C=N\NC(=O)c2cc3cc([N+](=O)[O-])ccc3s2)c(Br)cc1OCc1ccc(F)cc1. The fraction of sp³-hybridized carbons (Fsp3) is 0.0833. The van der Waals surface area contributed by atoms with E-state index in [1.165, 1.54) is 48.9 Å². The molecule has 1 heterocycles. The van der Waals surface area contributed by atoms with Gasteiger partial charge >= 0.3 is 0 Å². The van der Waals surface area contributed by atoms with Crippen molar-refractivity contribution in [1.29, 1.82) is 0 Å². The second-order valence-electron chi connectivity index (χ2n) is 7.23. The van der Waals surface area contributed by atoms with Crippen LogP contribution in [-0.4, -0.2) is 24.2 Å². The molecule has 0 fully saturated rings. The van der Waals surface area contributed by atoms with E-state index in [0.29, 0.717) is 31.8 Å². The summed E-state index contributed by atoms with van der Waals surface area (Å²) in [7, 11) is 1.50. The van der Waals surface area contributed by atoms with Gasteiger partial charge in [0.15, 0.2) is 11.5 Å². The number of carbonyl (C=O) groups is 1. The molecule has 0 aliphatic rings. The van der Waals surface area contributed by atoms with E-state index in [1.807, 2.05) is 0 Å². The average molecular weight is 558 g/mol. The maximum atomic E-state index is 13.1. The first-order valence-electron chi connectivity index (χ1n) is 10.1. The Hall–Kier alpha value is -3.83. The van der Waals surface area contributed by atoms with Gasteiger partial charge in [-0.25, -0.2) is 9.82 Å². The lowest BCUT2D eigenvalue weighted by Crippen LogP contribution is -2.16. The van der Waals surface area contributed by atoms with Gasteiger partial charge in [-0.2, -0.15) is 5.10 Å². The summed E-state index contributed by atoms with van der Waals surface area (Å²) in [5.41, 5.74) is 3.85. The first kappa shape index (κ1) is 24.3. The Morgan fingerprint density at radius 1 is 1.17 bits per heavy atom. The molecule has 1 amide bonds. The van der Waals surface area contributed by atoms with Crippen molar-refractivity contribution in [3.05, 3.63) is 97.1 Å². The van der Waals surface area contributed by atoms with Crippen molar-refractivity contribution in [1.82, 2.24) is 5.43 Å². The maximum absolute atomic E-state index is 13.1. The monoisotopic (exact) mass is 557 g/mol. The van der Waals surface area contributed by atoms with Gasteiger partial charge < -0.3 is 9.47 Å². The topological polar surface area (TPSA) is 103 Å². The summed E-state index contributed by atoms with van der Waals surface area (Å²) in [6, 6.07) is 15.4. The Morgan fingerprint density at radius 3 is 2.66 bits per heavy atom. The van der Waals surface area contributed by atoms with Gasteiger partial charge in [0, 0.05) is 32.3 Å². The fourth-order valence-corrected chi connectivity index (χ4v) is 4.49. The van der Waals surface area contributed by atoms with Crippen molar-refractivity contribution in [3.8, 4) is 11.5 Å². The number of amides is 1. The van der Waals surface area contributed by atoms with Crippen LogP contribution in [0.4, 0.5) is 10.1 Å². The molecule has 0 radical (unpaired) electrons. The third kappa shape index (κ3) is 5.81.